The highest BCUT2D eigenvalue weighted by molar-refractivity contribution is 6.26. The Morgan fingerprint density at radius 1 is 0.333 bits per heavy atom. The maximum Gasteiger partial charge on any atom is 0.227 e. The number of hydrogen-bond donors (Lipinski definition) is 0. The zero-order valence-electron chi connectivity index (χ0n) is 27.4. The molecule has 0 saturated heterocycles. The second-order valence-corrected chi connectivity index (χ2v) is 12.7. The molecule has 0 N–H and O–H groups in total. The zero-order valence-corrected chi connectivity index (χ0v) is 27.4. The molecule has 0 bridgehead atoms. The van der Waals surface area contributed by atoms with Gasteiger partial charge in [-0.05, 0) is 63.0 Å². The molecule has 0 aliphatic heterocycles. The third-order valence-electron chi connectivity index (χ3n) is 9.51. The molecule has 0 atom stereocenters. The molecule has 5 heteroatoms. The van der Waals surface area contributed by atoms with Crippen LogP contribution in [0, 0.1) is 0 Å². The van der Waals surface area contributed by atoms with Gasteiger partial charge in [0.1, 0.15) is 5.52 Å². The monoisotopic (exact) mass is 652 g/mol. The summed E-state index contributed by atoms with van der Waals surface area (Å²) >= 11 is 0. The van der Waals surface area contributed by atoms with E-state index < -0.39 is 0 Å². The maximum absolute atomic E-state index is 6.52. The zero-order chi connectivity index (χ0) is 33.7. The summed E-state index contributed by atoms with van der Waals surface area (Å²) in [6.07, 6.45) is 0. The van der Waals surface area contributed by atoms with Gasteiger partial charge in [0.05, 0.1) is 0 Å². The van der Waals surface area contributed by atoms with Crippen LogP contribution < -0.4 is 0 Å². The molecule has 0 radical (unpaired) electrons. The highest BCUT2D eigenvalue weighted by atomic mass is 16.3. The van der Waals surface area contributed by atoms with Crippen molar-refractivity contribution in [3.63, 3.8) is 0 Å². The lowest BCUT2D eigenvalue weighted by molar-refractivity contribution is 0.623. The minimum Gasteiger partial charge on any atom is -0.435 e. The Balaban J connectivity index is 1.10. The van der Waals surface area contributed by atoms with Gasteiger partial charge in [0.2, 0.25) is 5.89 Å². The standard InChI is InChI=1S/C46H28N4O/c1-4-11-31(12-5-1)43-48-44(32-13-6-2-7-14-32)50-45(49-43)37-18-10-17-34(28-37)35-23-25-38-36(27-35)22-21-29-19-20-30-24-26-39-42(41(30)40(29)38)51-46(47-39)33-15-8-3-9-16-33/h1-28H. The summed E-state index contributed by atoms with van der Waals surface area (Å²) in [6, 6.07) is 58.3. The van der Waals surface area contributed by atoms with E-state index in [0.717, 1.165) is 66.0 Å². The summed E-state index contributed by atoms with van der Waals surface area (Å²) in [7, 11) is 0. The van der Waals surface area contributed by atoms with Gasteiger partial charge in [-0.25, -0.2) is 19.9 Å². The Bertz CT molecular complexity index is 2840. The molecule has 0 spiro atoms. The van der Waals surface area contributed by atoms with Gasteiger partial charge >= 0.3 is 0 Å². The van der Waals surface area contributed by atoms with Crippen LogP contribution in [0.5, 0.6) is 0 Å². The molecule has 2 aromatic heterocycles. The van der Waals surface area contributed by atoms with Gasteiger partial charge in [0.15, 0.2) is 23.1 Å². The third kappa shape index (κ3) is 5.11. The van der Waals surface area contributed by atoms with Gasteiger partial charge in [-0.15, -0.1) is 0 Å². The van der Waals surface area contributed by atoms with Crippen LogP contribution in [0.1, 0.15) is 0 Å². The van der Waals surface area contributed by atoms with E-state index in [1.165, 1.54) is 10.8 Å². The van der Waals surface area contributed by atoms with E-state index in [1.807, 2.05) is 97.1 Å². The Morgan fingerprint density at radius 2 is 0.843 bits per heavy atom. The van der Waals surface area contributed by atoms with Gasteiger partial charge in [-0.2, -0.15) is 0 Å². The highest BCUT2D eigenvalue weighted by Crippen LogP contribution is 2.39. The fraction of sp³-hybridized carbons (Fsp3) is 0. The first-order valence-corrected chi connectivity index (χ1v) is 17.0. The number of aromatic nitrogens is 4. The van der Waals surface area contributed by atoms with E-state index >= 15 is 0 Å². The van der Waals surface area contributed by atoms with Crippen molar-refractivity contribution < 1.29 is 4.42 Å². The molecule has 10 aromatic rings. The van der Waals surface area contributed by atoms with Crippen LogP contribution in [0.25, 0.3) is 100 Å². The Morgan fingerprint density at radius 3 is 1.51 bits per heavy atom. The molecule has 0 aliphatic carbocycles. The first-order chi connectivity index (χ1) is 25.2. The van der Waals surface area contributed by atoms with E-state index in [-0.39, 0.29) is 0 Å². The second-order valence-electron chi connectivity index (χ2n) is 12.7. The van der Waals surface area contributed by atoms with E-state index in [1.54, 1.807) is 0 Å². The number of benzene rings is 8. The van der Waals surface area contributed by atoms with Crippen molar-refractivity contribution in [1.29, 1.82) is 0 Å². The molecule has 0 fully saturated rings. The Labute approximate surface area is 293 Å². The number of oxazole rings is 1. The SMILES string of the molecule is c1ccc(-c2nc(-c3ccccc3)nc(-c3cccc(-c4ccc5c(ccc6ccc7ccc8nc(-c9ccccc9)oc8c7c65)c4)c3)n2)cc1. The predicted molar refractivity (Wildman–Crippen MR) is 207 cm³/mol. The number of fused-ring (bicyclic) bond motifs is 7. The molecule has 8 aromatic carbocycles. The van der Waals surface area contributed by atoms with Crippen molar-refractivity contribution in [2.24, 2.45) is 0 Å². The average molecular weight is 653 g/mol. The summed E-state index contributed by atoms with van der Waals surface area (Å²) < 4.78 is 6.52. The summed E-state index contributed by atoms with van der Waals surface area (Å²) in [5.74, 6) is 2.55. The first-order valence-electron chi connectivity index (χ1n) is 17.0. The summed E-state index contributed by atoms with van der Waals surface area (Å²) in [5.41, 5.74) is 7.64. The van der Waals surface area contributed by atoms with Crippen molar-refractivity contribution >= 4 is 43.4 Å². The topological polar surface area (TPSA) is 64.7 Å². The molecule has 0 saturated carbocycles. The molecular formula is C46H28N4O. The van der Waals surface area contributed by atoms with Gasteiger partial charge < -0.3 is 4.42 Å². The van der Waals surface area contributed by atoms with Gasteiger partial charge in [-0.1, -0.05) is 140 Å². The van der Waals surface area contributed by atoms with E-state index in [4.69, 9.17) is 24.4 Å². The molecule has 10 rings (SSSR count). The smallest absolute Gasteiger partial charge is 0.227 e. The molecule has 51 heavy (non-hydrogen) atoms. The molecular weight excluding hydrogens is 625 g/mol. The lowest BCUT2D eigenvalue weighted by Gasteiger charge is -2.11. The van der Waals surface area contributed by atoms with Gasteiger partial charge in [-0.3, -0.25) is 0 Å². The van der Waals surface area contributed by atoms with E-state index in [0.29, 0.717) is 23.4 Å². The van der Waals surface area contributed by atoms with Crippen LogP contribution in [0.4, 0.5) is 0 Å². The minimum atomic E-state index is 0.627. The highest BCUT2D eigenvalue weighted by Gasteiger charge is 2.16. The Kier molecular flexibility index (Phi) is 6.74. The molecule has 238 valence electrons. The molecule has 2 heterocycles. The third-order valence-corrected chi connectivity index (χ3v) is 9.51. The van der Waals surface area contributed by atoms with Crippen LogP contribution in [0.3, 0.4) is 0 Å². The maximum atomic E-state index is 6.52. The molecule has 0 aliphatic rings. The van der Waals surface area contributed by atoms with Gasteiger partial charge in [0.25, 0.3) is 0 Å². The lowest BCUT2D eigenvalue weighted by Crippen LogP contribution is -2.00. The largest absolute Gasteiger partial charge is 0.435 e. The summed E-state index contributed by atoms with van der Waals surface area (Å²) in [5, 5.41) is 6.85. The van der Waals surface area contributed by atoms with Crippen LogP contribution in [0.15, 0.2) is 174 Å². The van der Waals surface area contributed by atoms with Crippen molar-refractivity contribution in [3.05, 3.63) is 170 Å². The molecule has 5 nitrogen and oxygen atoms in total. The normalized spacial score (nSPS) is 11.5. The van der Waals surface area contributed by atoms with Crippen molar-refractivity contribution in [2.75, 3.05) is 0 Å². The summed E-state index contributed by atoms with van der Waals surface area (Å²) in [4.78, 5) is 19.6. The van der Waals surface area contributed by atoms with Crippen LogP contribution in [-0.4, -0.2) is 19.9 Å². The minimum absolute atomic E-state index is 0.627. The van der Waals surface area contributed by atoms with Crippen LogP contribution in [0.2, 0.25) is 0 Å². The van der Waals surface area contributed by atoms with Crippen LogP contribution >= 0.6 is 0 Å². The number of nitrogens with zero attached hydrogens (tertiary/aromatic N) is 4. The van der Waals surface area contributed by atoms with Crippen molar-refractivity contribution in [2.45, 2.75) is 0 Å². The fourth-order valence-electron chi connectivity index (χ4n) is 7.01. The molecule has 0 unspecified atom stereocenters. The van der Waals surface area contributed by atoms with Crippen molar-refractivity contribution in [1.82, 2.24) is 19.9 Å². The second kappa shape index (κ2) is 11.9. The summed E-state index contributed by atoms with van der Waals surface area (Å²) in [6.45, 7) is 0. The molecule has 0 amide bonds. The number of rotatable bonds is 5. The van der Waals surface area contributed by atoms with Crippen molar-refractivity contribution in [3.8, 4) is 56.7 Å². The van der Waals surface area contributed by atoms with E-state index in [2.05, 4.69) is 72.8 Å². The predicted octanol–water partition coefficient (Wildman–Crippen LogP) is 11.8. The van der Waals surface area contributed by atoms with Crippen LogP contribution in [-0.2, 0) is 0 Å². The van der Waals surface area contributed by atoms with E-state index in [9.17, 15) is 0 Å². The quantitative estimate of drug-likeness (QED) is 0.173. The lowest BCUT2D eigenvalue weighted by atomic mass is 9.93. The first kappa shape index (κ1) is 29.0. The average Bonchev–Trinajstić information content (AvgIpc) is 3.66. The number of hydrogen-bond acceptors (Lipinski definition) is 5. The Hall–Kier alpha value is -6.98. The fourth-order valence-corrected chi connectivity index (χ4v) is 7.01. The van der Waals surface area contributed by atoms with Gasteiger partial charge in [0, 0.05) is 33.0 Å².